The number of rotatable bonds is 5. The largest absolute Gasteiger partial charge is 0.500 e. The summed E-state index contributed by atoms with van der Waals surface area (Å²) in [6.07, 6.45) is 4.22. The molecule has 1 aliphatic carbocycles. The lowest BCUT2D eigenvalue weighted by molar-refractivity contribution is -0.143. The van der Waals surface area contributed by atoms with Crippen molar-refractivity contribution < 1.29 is 19.4 Å². The highest BCUT2D eigenvalue weighted by atomic mass is 16.5. The van der Waals surface area contributed by atoms with Gasteiger partial charge >= 0.3 is 5.97 Å². The summed E-state index contributed by atoms with van der Waals surface area (Å²) in [5.41, 5.74) is 0.585. The van der Waals surface area contributed by atoms with E-state index >= 15 is 0 Å². The fraction of sp³-hybridized carbons (Fsp3) is 0.636. The number of carboxylic acid groups (broad SMARTS) is 1. The van der Waals surface area contributed by atoms with Crippen LogP contribution in [0.15, 0.2) is 11.8 Å². The summed E-state index contributed by atoms with van der Waals surface area (Å²) in [6, 6.07) is 0. The van der Waals surface area contributed by atoms with Gasteiger partial charge in [-0.05, 0) is 18.8 Å². The Labute approximate surface area is 93.7 Å². The Balaban J connectivity index is 1.97. The van der Waals surface area contributed by atoms with E-state index in [1.165, 1.54) is 11.2 Å². The molecule has 0 radical (unpaired) electrons. The van der Waals surface area contributed by atoms with Crippen molar-refractivity contribution in [2.45, 2.75) is 19.3 Å². The third-order valence-electron chi connectivity index (χ3n) is 2.78. The zero-order chi connectivity index (χ0) is 11.5. The summed E-state index contributed by atoms with van der Waals surface area (Å²) in [5, 5.41) is 8.76. The van der Waals surface area contributed by atoms with E-state index < -0.39 is 5.97 Å². The van der Waals surface area contributed by atoms with Gasteiger partial charge in [0.15, 0.2) is 0 Å². The first kappa shape index (κ1) is 11.0. The Hall–Kier alpha value is -1.52. The molecule has 0 aromatic carbocycles. The number of nitrogens with zero attached hydrogens (tertiary/aromatic N) is 1. The Morgan fingerprint density at radius 1 is 1.50 bits per heavy atom. The van der Waals surface area contributed by atoms with Crippen LogP contribution in [0.25, 0.3) is 0 Å². The monoisotopic (exact) mass is 225 g/mol. The van der Waals surface area contributed by atoms with E-state index in [0.717, 1.165) is 12.8 Å². The van der Waals surface area contributed by atoms with Gasteiger partial charge in [0.25, 0.3) is 5.91 Å². The fourth-order valence-corrected chi connectivity index (χ4v) is 1.74. The number of hydrogen-bond donors (Lipinski definition) is 1. The number of amides is 1. The van der Waals surface area contributed by atoms with E-state index in [1.54, 1.807) is 0 Å². The van der Waals surface area contributed by atoms with Crippen LogP contribution in [0.2, 0.25) is 0 Å². The lowest BCUT2D eigenvalue weighted by Crippen LogP contribution is -2.37. The minimum Gasteiger partial charge on any atom is -0.500 e. The maximum Gasteiger partial charge on any atom is 0.323 e. The zero-order valence-corrected chi connectivity index (χ0v) is 9.02. The van der Waals surface area contributed by atoms with Crippen LogP contribution in [0.3, 0.4) is 0 Å². The van der Waals surface area contributed by atoms with Gasteiger partial charge in [-0.2, -0.15) is 0 Å². The SMILES string of the molecule is O=C(O)CN(CC1CC1)C(=O)C1=COCC1. The van der Waals surface area contributed by atoms with Crippen LogP contribution in [0.4, 0.5) is 0 Å². The summed E-state index contributed by atoms with van der Waals surface area (Å²) in [5.74, 6) is -0.661. The van der Waals surface area contributed by atoms with Crippen molar-refractivity contribution in [3.8, 4) is 0 Å². The van der Waals surface area contributed by atoms with E-state index in [-0.39, 0.29) is 12.5 Å². The molecular weight excluding hydrogens is 210 g/mol. The van der Waals surface area contributed by atoms with Gasteiger partial charge in [0, 0.05) is 13.0 Å². The molecule has 0 atom stereocenters. The zero-order valence-electron chi connectivity index (χ0n) is 9.02. The van der Waals surface area contributed by atoms with Crippen LogP contribution < -0.4 is 0 Å². The molecule has 88 valence electrons. The summed E-state index contributed by atoms with van der Waals surface area (Å²) in [6.45, 7) is 0.862. The third kappa shape index (κ3) is 2.74. The van der Waals surface area contributed by atoms with E-state index in [4.69, 9.17) is 9.84 Å². The van der Waals surface area contributed by atoms with Gasteiger partial charge in [0.1, 0.15) is 6.54 Å². The molecule has 0 bridgehead atoms. The van der Waals surface area contributed by atoms with E-state index in [9.17, 15) is 9.59 Å². The minimum atomic E-state index is -0.964. The van der Waals surface area contributed by atoms with Crippen molar-refractivity contribution >= 4 is 11.9 Å². The molecule has 5 nitrogen and oxygen atoms in total. The predicted molar refractivity (Wildman–Crippen MR) is 55.6 cm³/mol. The molecule has 0 aromatic heterocycles. The standard InChI is InChI=1S/C11H15NO4/c13-10(14)6-12(5-8-1-2-8)11(15)9-3-4-16-7-9/h7-8H,1-6H2,(H,13,14). The summed E-state index contributed by atoms with van der Waals surface area (Å²) < 4.78 is 5.00. The van der Waals surface area contributed by atoms with E-state index in [1.807, 2.05) is 0 Å². The molecule has 5 heteroatoms. The number of carboxylic acids is 1. The van der Waals surface area contributed by atoms with Gasteiger partial charge in [-0.25, -0.2) is 0 Å². The first-order chi connectivity index (χ1) is 7.66. The molecule has 1 saturated carbocycles. The first-order valence-corrected chi connectivity index (χ1v) is 5.48. The Morgan fingerprint density at radius 3 is 2.75 bits per heavy atom. The first-order valence-electron chi connectivity index (χ1n) is 5.48. The highest BCUT2D eigenvalue weighted by Gasteiger charge is 2.30. The fourth-order valence-electron chi connectivity index (χ4n) is 1.74. The Morgan fingerprint density at radius 2 is 2.25 bits per heavy atom. The van der Waals surface area contributed by atoms with Gasteiger partial charge < -0.3 is 14.7 Å². The minimum absolute atomic E-state index is 0.188. The summed E-state index contributed by atoms with van der Waals surface area (Å²) in [4.78, 5) is 24.1. The molecule has 0 saturated heterocycles. The highest BCUT2D eigenvalue weighted by Crippen LogP contribution is 2.30. The lowest BCUT2D eigenvalue weighted by atomic mass is 10.2. The number of hydrogen-bond acceptors (Lipinski definition) is 3. The van der Waals surface area contributed by atoms with Crippen molar-refractivity contribution in [2.24, 2.45) is 5.92 Å². The average Bonchev–Trinajstić information content (AvgIpc) is 2.88. The normalized spacial score (nSPS) is 18.9. The van der Waals surface area contributed by atoms with E-state index in [2.05, 4.69) is 0 Å². The summed E-state index contributed by atoms with van der Waals surface area (Å²) in [7, 11) is 0. The molecule has 0 spiro atoms. The van der Waals surface area contributed by atoms with Crippen molar-refractivity contribution in [1.29, 1.82) is 0 Å². The smallest absolute Gasteiger partial charge is 0.323 e. The molecule has 0 unspecified atom stereocenters. The van der Waals surface area contributed by atoms with Gasteiger partial charge in [0.05, 0.1) is 18.4 Å². The molecule has 1 aliphatic heterocycles. The van der Waals surface area contributed by atoms with Gasteiger partial charge in [-0.1, -0.05) is 0 Å². The predicted octanol–water partition coefficient (Wildman–Crippen LogP) is 0.614. The average molecular weight is 225 g/mol. The van der Waals surface area contributed by atoms with Crippen LogP contribution in [0.5, 0.6) is 0 Å². The van der Waals surface area contributed by atoms with Crippen molar-refractivity contribution in [3.05, 3.63) is 11.8 Å². The molecule has 1 heterocycles. The molecular formula is C11H15NO4. The second-order valence-electron chi connectivity index (χ2n) is 4.29. The van der Waals surface area contributed by atoms with Gasteiger partial charge in [-0.3, -0.25) is 9.59 Å². The van der Waals surface area contributed by atoms with Crippen molar-refractivity contribution in [3.63, 3.8) is 0 Å². The maximum atomic E-state index is 12.0. The lowest BCUT2D eigenvalue weighted by Gasteiger charge is -2.20. The Bertz CT molecular complexity index is 333. The molecule has 1 N–H and O–H groups in total. The number of carbonyl (C=O) groups excluding carboxylic acids is 1. The van der Waals surface area contributed by atoms with Crippen LogP contribution in [0, 0.1) is 5.92 Å². The number of aliphatic carboxylic acids is 1. The molecule has 1 fully saturated rings. The maximum absolute atomic E-state index is 12.0. The van der Waals surface area contributed by atoms with Crippen LogP contribution in [-0.4, -0.2) is 41.6 Å². The summed E-state index contributed by atoms with van der Waals surface area (Å²) >= 11 is 0. The molecule has 2 aliphatic rings. The van der Waals surface area contributed by atoms with Gasteiger partial charge in [0.2, 0.25) is 0 Å². The van der Waals surface area contributed by atoms with Crippen molar-refractivity contribution in [1.82, 2.24) is 4.90 Å². The van der Waals surface area contributed by atoms with E-state index in [0.29, 0.717) is 31.1 Å². The van der Waals surface area contributed by atoms with Crippen molar-refractivity contribution in [2.75, 3.05) is 19.7 Å². The molecule has 1 amide bonds. The number of carbonyl (C=O) groups is 2. The quantitative estimate of drug-likeness (QED) is 0.744. The second kappa shape index (κ2) is 4.55. The van der Waals surface area contributed by atoms with Crippen LogP contribution >= 0.6 is 0 Å². The third-order valence-corrected chi connectivity index (χ3v) is 2.78. The topological polar surface area (TPSA) is 66.8 Å². The molecule has 0 aromatic rings. The Kier molecular flexibility index (Phi) is 3.12. The second-order valence-corrected chi connectivity index (χ2v) is 4.29. The number of ether oxygens (including phenoxy) is 1. The van der Waals surface area contributed by atoms with Crippen LogP contribution in [0.1, 0.15) is 19.3 Å². The highest BCUT2D eigenvalue weighted by molar-refractivity contribution is 5.95. The molecule has 2 rings (SSSR count). The van der Waals surface area contributed by atoms with Crippen LogP contribution in [-0.2, 0) is 14.3 Å². The van der Waals surface area contributed by atoms with Gasteiger partial charge in [-0.15, -0.1) is 0 Å². The molecule has 16 heavy (non-hydrogen) atoms.